The van der Waals surface area contributed by atoms with E-state index in [1.54, 1.807) is 0 Å². The number of aryl methyl sites for hydroxylation is 1. The van der Waals surface area contributed by atoms with E-state index in [2.05, 4.69) is 65.4 Å². The van der Waals surface area contributed by atoms with Gasteiger partial charge in [-0.2, -0.15) is 0 Å². The number of rotatable bonds is 6. The summed E-state index contributed by atoms with van der Waals surface area (Å²) in [5, 5.41) is 3.39. The predicted octanol–water partition coefficient (Wildman–Crippen LogP) is 4.86. The molecular formula is C18H22BrNO. The summed E-state index contributed by atoms with van der Waals surface area (Å²) < 4.78 is 6.81. The number of ether oxygens (including phenoxy) is 1. The average molecular weight is 348 g/mol. The molecule has 2 aromatic rings. The monoisotopic (exact) mass is 347 g/mol. The summed E-state index contributed by atoms with van der Waals surface area (Å²) in [6.07, 6.45) is 1.02. The summed E-state index contributed by atoms with van der Waals surface area (Å²) >= 11 is 3.70. The molecule has 0 aromatic heterocycles. The van der Waals surface area contributed by atoms with Crippen LogP contribution in [0.3, 0.4) is 0 Å². The van der Waals surface area contributed by atoms with Crippen LogP contribution in [0.5, 0.6) is 5.75 Å². The molecule has 0 aliphatic rings. The van der Waals surface area contributed by atoms with E-state index in [0.29, 0.717) is 0 Å². The van der Waals surface area contributed by atoms with E-state index in [1.807, 2.05) is 19.2 Å². The lowest BCUT2D eigenvalue weighted by molar-refractivity contribution is 0.317. The van der Waals surface area contributed by atoms with Gasteiger partial charge in [0.05, 0.1) is 12.6 Å². The Labute approximate surface area is 135 Å². The second kappa shape index (κ2) is 7.62. The van der Waals surface area contributed by atoms with E-state index in [0.717, 1.165) is 23.2 Å². The minimum atomic E-state index is 0.166. The summed E-state index contributed by atoms with van der Waals surface area (Å²) in [5.41, 5.74) is 3.73. The zero-order chi connectivity index (χ0) is 15.2. The number of nitrogens with one attached hydrogen (secondary N) is 1. The van der Waals surface area contributed by atoms with Crippen molar-refractivity contribution in [3.63, 3.8) is 0 Å². The number of benzene rings is 2. The minimum absolute atomic E-state index is 0.166. The molecule has 0 fully saturated rings. The SMILES string of the molecule is CCCOc1ccc(C(NC)c2cccc(C)c2Br)cc1. The zero-order valence-corrected chi connectivity index (χ0v) is 14.4. The Balaban J connectivity index is 2.27. The molecule has 1 atom stereocenters. The number of hydrogen-bond donors (Lipinski definition) is 1. The Bertz CT molecular complexity index is 580. The molecule has 0 aliphatic carbocycles. The van der Waals surface area contributed by atoms with Gasteiger partial charge in [-0.15, -0.1) is 0 Å². The van der Waals surface area contributed by atoms with Crippen LogP contribution >= 0.6 is 15.9 Å². The Hall–Kier alpha value is -1.32. The maximum atomic E-state index is 5.64. The van der Waals surface area contributed by atoms with Crippen molar-refractivity contribution in [1.29, 1.82) is 0 Å². The first-order chi connectivity index (χ1) is 10.2. The summed E-state index contributed by atoms with van der Waals surface area (Å²) in [7, 11) is 1.99. The van der Waals surface area contributed by atoms with Crippen LogP contribution in [0.1, 0.15) is 36.1 Å². The maximum absolute atomic E-state index is 5.64. The van der Waals surface area contributed by atoms with Crippen molar-refractivity contribution in [3.05, 3.63) is 63.6 Å². The van der Waals surface area contributed by atoms with Crippen molar-refractivity contribution in [3.8, 4) is 5.75 Å². The van der Waals surface area contributed by atoms with Crippen LogP contribution in [0.2, 0.25) is 0 Å². The van der Waals surface area contributed by atoms with Gasteiger partial charge in [0.2, 0.25) is 0 Å². The van der Waals surface area contributed by atoms with Crippen LogP contribution in [0.25, 0.3) is 0 Å². The van der Waals surface area contributed by atoms with Crippen molar-refractivity contribution in [2.45, 2.75) is 26.3 Å². The van der Waals surface area contributed by atoms with E-state index < -0.39 is 0 Å². The van der Waals surface area contributed by atoms with E-state index in [4.69, 9.17) is 4.74 Å². The molecule has 0 spiro atoms. The van der Waals surface area contributed by atoms with Gasteiger partial charge in [-0.1, -0.05) is 53.2 Å². The summed E-state index contributed by atoms with van der Waals surface area (Å²) in [5.74, 6) is 0.929. The highest BCUT2D eigenvalue weighted by Crippen LogP contribution is 2.31. The molecule has 2 aromatic carbocycles. The lowest BCUT2D eigenvalue weighted by Gasteiger charge is -2.20. The highest BCUT2D eigenvalue weighted by Gasteiger charge is 2.15. The molecule has 21 heavy (non-hydrogen) atoms. The molecule has 0 saturated carbocycles. The van der Waals surface area contributed by atoms with Crippen molar-refractivity contribution in [1.82, 2.24) is 5.32 Å². The second-order valence-corrected chi connectivity index (χ2v) is 5.91. The first kappa shape index (κ1) is 16.1. The molecule has 2 rings (SSSR count). The molecule has 1 unspecified atom stereocenters. The van der Waals surface area contributed by atoms with Gasteiger partial charge in [0.25, 0.3) is 0 Å². The first-order valence-electron chi connectivity index (χ1n) is 7.32. The van der Waals surface area contributed by atoms with E-state index in [9.17, 15) is 0 Å². The zero-order valence-electron chi connectivity index (χ0n) is 12.8. The fraction of sp³-hybridized carbons (Fsp3) is 0.333. The van der Waals surface area contributed by atoms with Gasteiger partial charge < -0.3 is 10.1 Å². The summed E-state index contributed by atoms with van der Waals surface area (Å²) in [4.78, 5) is 0. The van der Waals surface area contributed by atoms with Gasteiger partial charge in [0.15, 0.2) is 0 Å². The molecule has 2 nitrogen and oxygen atoms in total. The molecule has 0 aliphatic heterocycles. The number of hydrogen-bond acceptors (Lipinski definition) is 2. The van der Waals surface area contributed by atoms with Gasteiger partial charge in [-0.3, -0.25) is 0 Å². The third-order valence-electron chi connectivity index (χ3n) is 3.51. The second-order valence-electron chi connectivity index (χ2n) is 5.12. The smallest absolute Gasteiger partial charge is 0.119 e. The largest absolute Gasteiger partial charge is 0.494 e. The Morgan fingerprint density at radius 3 is 2.48 bits per heavy atom. The highest BCUT2D eigenvalue weighted by atomic mass is 79.9. The molecule has 0 amide bonds. The lowest BCUT2D eigenvalue weighted by atomic mass is 9.97. The quantitative estimate of drug-likeness (QED) is 0.805. The van der Waals surface area contributed by atoms with Crippen LogP contribution in [0.4, 0.5) is 0 Å². The van der Waals surface area contributed by atoms with Crippen molar-refractivity contribution in [2.24, 2.45) is 0 Å². The summed E-state index contributed by atoms with van der Waals surface area (Å²) in [6.45, 7) is 4.99. The van der Waals surface area contributed by atoms with E-state index in [-0.39, 0.29) is 6.04 Å². The van der Waals surface area contributed by atoms with Gasteiger partial charge in [-0.25, -0.2) is 0 Å². The average Bonchev–Trinajstić information content (AvgIpc) is 2.51. The normalized spacial score (nSPS) is 12.2. The molecule has 1 N–H and O–H groups in total. The van der Waals surface area contributed by atoms with Crippen molar-refractivity contribution >= 4 is 15.9 Å². The van der Waals surface area contributed by atoms with E-state index in [1.165, 1.54) is 16.7 Å². The molecule has 0 saturated heterocycles. The Morgan fingerprint density at radius 2 is 1.86 bits per heavy atom. The molecule has 112 valence electrons. The van der Waals surface area contributed by atoms with Crippen molar-refractivity contribution < 1.29 is 4.74 Å². The minimum Gasteiger partial charge on any atom is -0.494 e. The summed E-state index contributed by atoms with van der Waals surface area (Å²) in [6, 6.07) is 14.9. The van der Waals surface area contributed by atoms with Crippen LogP contribution in [-0.2, 0) is 0 Å². The van der Waals surface area contributed by atoms with Gasteiger partial charge in [0, 0.05) is 4.47 Å². The van der Waals surface area contributed by atoms with E-state index >= 15 is 0 Å². The molecule has 0 bridgehead atoms. The topological polar surface area (TPSA) is 21.3 Å². The molecule has 0 heterocycles. The van der Waals surface area contributed by atoms with Crippen LogP contribution in [0, 0.1) is 6.92 Å². The Kier molecular flexibility index (Phi) is 5.83. The predicted molar refractivity (Wildman–Crippen MR) is 92.0 cm³/mol. The lowest BCUT2D eigenvalue weighted by Crippen LogP contribution is -2.18. The van der Waals surface area contributed by atoms with Crippen LogP contribution < -0.4 is 10.1 Å². The number of halogens is 1. The van der Waals surface area contributed by atoms with Crippen molar-refractivity contribution in [2.75, 3.05) is 13.7 Å². The van der Waals surface area contributed by atoms with Gasteiger partial charge in [0.1, 0.15) is 5.75 Å². The van der Waals surface area contributed by atoms with Crippen LogP contribution in [-0.4, -0.2) is 13.7 Å². The third kappa shape index (κ3) is 3.86. The molecule has 3 heteroatoms. The van der Waals surface area contributed by atoms with Gasteiger partial charge in [-0.05, 0) is 49.2 Å². The standard InChI is InChI=1S/C18H22BrNO/c1-4-12-21-15-10-8-14(9-11-15)18(20-3)16-7-5-6-13(2)17(16)19/h5-11,18,20H,4,12H2,1-3H3. The molecular weight excluding hydrogens is 326 g/mol. The highest BCUT2D eigenvalue weighted by molar-refractivity contribution is 9.10. The molecule has 0 radical (unpaired) electrons. The fourth-order valence-corrected chi connectivity index (χ4v) is 2.86. The fourth-order valence-electron chi connectivity index (χ4n) is 2.37. The maximum Gasteiger partial charge on any atom is 0.119 e. The first-order valence-corrected chi connectivity index (χ1v) is 8.11. The van der Waals surface area contributed by atoms with Gasteiger partial charge >= 0.3 is 0 Å². The third-order valence-corrected chi connectivity index (χ3v) is 4.59. The Morgan fingerprint density at radius 1 is 1.14 bits per heavy atom. The van der Waals surface area contributed by atoms with Crippen LogP contribution in [0.15, 0.2) is 46.9 Å².